The molecule has 5 nitrogen and oxygen atoms in total. The number of carbonyl (C=O) groups is 1. The van der Waals surface area contributed by atoms with Crippen LogP contribution in [0.3, 0.4) is 0 Å². The minimum absolute atomic E-state index is 0.0894. The van der Waals surface area contributed by atoms with Gasteiger partial charge in [0.1, 0.15) is 0 Å². The highest BCUT2D eigenvalue weighted by Crippen LogP contribution is 2.23. The van der Waals surface area contributed by atoms with Crippen LogP contribution in [-0.2, 0) is 6.54 Å². The Hall–Kier alpha value is -1.89. The first-order valence-electron chi connectivity index (χ1n) is 6.23. The van der Waals surface area contributed by atoms with Gasteiger partial charge in [0.2, 0.25) is 0 Å². The molecule has 0 bridgehead atoms. The molecule has 1 N–H and O–H groups in total. The van der Waals surface area contributed by atoms with Gasteiger partial charge in [-0.05, 0) is 29.1 Å². The lowest BCUT2D eigenvalue weighted by molar-refractivity contribution is 0.0917. The molecular formula is C14H9Cl2N3O2S. The second kappa shape index (κ2) is 6.48. The summed E-state index contributed by atoms with van der Waals surface area (Å²) in [5.41, 5.74) is 0.748. The van der Waals surface area contributed by atoms with Gasteiger partial charge in [-0.3, -0.25) is 4.79 Å². The molecule has 1 amide bonds. The molecule has 0 unspecified atom stereocenters. The first-order chi connectivity index (χ1) is 10.6. The van der Waals surface area contributed by atoms with E-state index < -0.39 is 5.91 Å². The fourth-order valence-electron chi connectivity index (χ4n) is 1.73. The maximum Gasteiger partial charge on any atom is 0.309 e. The van der Waals surface area contributed by atoms with Crippen molar-refractivity contribution >= 4 is 40.4 Å². The number of carbonyl (C=O) groups excluding carboxylic acids is 1. The fourth-order valence-corrected chi connectivity index (χ4v) is 2.85. The van der Waals surface area contributed by atoms with Crippen LogP contribution in [0.2, 0.25) is 10.0 Å². The van der Waals surface area contributed by atoms with Crippen molar-refractivity contribution in [3.63, 3.8) is 0 Å². The van der Waals surface area contributed by atoms with E-state index in [1.54, 1.807) is 18.2 Å². The van der Waals surface area contributed by atoms with Gasteiger partial charge in [-0.15, -0.1) is 21.5 Å². The van der Waals surface area contributed by atoms with Crippen LogP contribution in [0.1, 0.15) is 16.2 Å². The summed E-state index contributed by atoms with van der Waals surface area (Å²) in [4.78, 5) is 12.8. The largest absolute Gasteiger partial charge is 0.411 e. The number of benzene rings is 1. The average molecular weight is 354 g/mol. The predicted molar refractivity (Wildman–Crippen MR) is 85.2 cm³/mol. The highest BCUT2D eigenvalue weighted by atomic mass is 35.5. The molecule has 0 atom stereocenters. The molecule has 2 heterocycles. The van der Waals surface area contributed by atoms with Crippen LogP contribution in [0.4, 0.5) is 0 Å². The Morgan fingerprint density at radius 3 is 2.86 bits per heavy atom. The standard InChI is InChI=1S/C14H9Cl2N3O2S/c15-9-4-3-8(10(16)6-9)7-17-12(20)14-19-18-13(21-14)11-2-1-5-22-11/h1-6H,7H2,(H,17,20). The first-order valence-corrected chi connectivity index (χ1v) is 7.86. The van der Waals surface area contributed by atoms with Crippen molar-refractivity contribution in [2.24, 2.45) is 0 Å². The third-order valence-electron chi connectivity index (χ3n) is 2.81. The van der Waals surface area contributed by atoms with Gasteiger partial charge in [-0.2, -0.15) is 0 Å². The molecule has 112 valence electrons. The molecule has 0 aliphatic rings. The van der Waals surface area contributed by atoms with E-state index in [1.807, 2.05) is 17.5 Å². The van der Waals surface area contributed by atoms with E-state index in [-0.39, 0.29) is 12.4 Å². The molecule has 0 saturated carbocycles. The lowest BCUT2D eigenvalue weighted by Gasteiger charge is -2.05. The van der Waals surface area contributed by atoms with Gasteiger partial charge in [-0.1, -0.05) is 35.3 Å². The number of aromatic nitrogens is 2. The Balaban J connectivity index is 1.67. The van der Waals surface area contributed by atoms with Gasteiger partial charge in [0, 0.05) is 16.6 Å². The minimum atomic E-state index is -0.457. The molecule has 0 spiro atoms. The number of hydrogen-bond acceptors (Lipinski definition) is 5. The minimum Gasteiger partial charge on any atom is -0.411 e. The first kappa shape index (κ1) is 15.0. The molecule has 0 saturated heterocycles. The monoisotopic (exact) mass is 353 g/mol. The van der Waals surface area contributed by atoms with Crippen LogP contribution >= 0.6 is 34.5 Å². The molecule has 0 fully saturated rings. The second-order valence-electron chi connectivity index (χ2n) is 4.31. The summed E-state index contributed by atoms with van der Waals surface area (Å²) in [5.74, 6) is -0.223. The SMILES string of the molecule is O=C(NCc1ccc(Cl)cc1Cl)c1nnc(-c2cccs2)o1. The number of nitrogens with zero attached hydrogens (tertiary/aromatic N) is 2. The highest BCUT2D eigenvalue weighted by molar-refractivity contribution is 7.13. The third-order valence-corrected chi connectivity index (χ3v) is 4.25. The Bertz CT molecular complexity index is 802. The topological polar surface area (TPSA) is 68.0 Å². The van der Waals surface area contributed by atoms with E-state index in [0.717, 1.165) is 10.4 Å². The van der Waals surface area contributed by atoms with E-state index in [4.69, 9.17) is 27.6 Å². The molecule has 0 aliphatic carbocycles. The molecular weight excluding hydrogens is 345 g/mol. The fraction of sp³-hybridized carbons (Fsp3) is 0.0714. The molecule has 8 heteroatoms. The van der Waals surface area contributed by atoms with Crippen LogP contribution in [0.15, 0.2) is 40.1 Å². The number of nitrogens with one attached hydrogen (secondary N) is 1. The zero-order chi connectivity index (χ0) is 15.5. The number of rotatable bonds is 4. The van der Waals surface area contributed by atoms with Crippen molar-refractivity contribution in [2.75, 3.05) is 0 Å². The number of hydrogen-bond donors (Lipinski definition) is 1. The molecule has 2 aromatic heterocycles. The van der Waals surface area contributed by atoms with Crippen molar-refractivity contribution in [1.82, 2.24) is 15.5 Å². The Kier molecular flexibility index (Phi) is 4.42. The summed E-state index contributed by atoms with van der Waals surface area (Å²) >= 11 is 13.3. The maximum atomic E-state index is 12.0. The third kappa shape index (κ3) is 3.30. The van der Waals surface area contributed by atoms with E-state index in [9.17, 15) is 4.79 Å². The van der Waals surface area contributed by atoms with E-state index in [2.05, 4.69) is 15.5 Å². The van der Waals surface area contributed by atoms with Gasteiger partial charge in [0.15, 0.2) is 0 Å². The van der Waals surface area contributed by atoms with Crippen molar-refractivity contribution < 1.29 is 9.21 Å². The summed E-state index contributed by atoms with van der Waals surface area (Å²) in [6.07, 6.45) is 0. The average Bonchev–Trinajstić information content (AvgIpc) is 3.17. The molecule has 1 aromatic carbocycles. The van der Waals surface area contributed by atoms with E-state index in [1.165, 1.54) is 11.3 Å². The van der Waals surface area contributed by atoms with Gasteiger partial charge < -0.3 is 9.73 Å². The van der Waals surface area contributed by atoms with Gasteiger partial charge in [-0.25, -0.2) is 0 Å². The van der Waals surface area contributed by atoms with Crippen LogP contribution in [0.25, 0.3) is 10.8 Å². The van der Waals surface area contributed by atoms with Crippen molar-refractivity contribution in [1.29, 1.82) is 0 Å². The lowest BCUT2D eigenvalue weighted by atomic mass is 10.2. The van der Waals surface area contributed by atoms with Crippen LogP contribution in [0.5, 0.6) is 0 Å². The van der Waals surface area contributed by atoms with Crippen LogP contribution in [0, 0.1) is 0 Å². The summed E-state index contributed by atoms with van der Waals surface area (Å²) in [5, 5.41) is 13.2. The molecule has 22 heavy (non-hydrogen) atoms. The quantitative estimate of drug-likeness (QED) is 0.768. The van der Waals surface area contributed by atoms with Gasteiger partial charge in [0.05, 0.1) is 4.88 Å². The van der Waals surface area contributed by atoms with Crippen LogP contribution in [-0.4, -0.2) is 16.1 Å². The van der Waals surface area contributed by atoms with E-state index >= 15 is 0 Å². The number of halogens is 2. The Morgan fingerprint density at radius 2 is 2.14 bits per heavy atom. The van der Waals surface area contributed by atoms with Crippen LogP contribution < -0.4 is 5.32 Å². The lowest BCUT2D eigenvalue weighted by Crippen LogP contribution is -2.23. The Morgan fingerprint density at radius 1 is 1.27 bits per heavy atom. The number of amides is 1. The summed E-state index contributed by atoms with van der Waals surface area (Å²) in [7, 11) is 0. The smallest absolute Gasteiger partial charge is 0.309 e. The number of thiophene rings is 1. The van der Waals surface area contributed by atoms with Gasteiger partial charge >= 0.3 is 11.8 Å². The van der Waals surface area contributed by atoms with Gasteiger partial charge in [0.25, 0.3) is 5.89 Å². The second-order valence-corrected chi connectivity index (χ2v) is 6.10. The highest BCUT2D eigenvalue weighted by Gasteiger charge is 2.16. The zero-order valence-electron chi connectivity index (χ0n) is 11.0. The summed E-state index contributed by atoms with van der Waals surface area (Å²) in [6.45, 7) is 0.242. The van der Waals surface area contributed by atoms with Crippen molar-refractivity contribution in [3.05, 3.63) is 57.2 Å². The van der Waals surface area contributed by atoms with Crippen molar-refractivity contribution in [2.45, 2.75) is 6.54 Å². The maximum absolute atomic E-state index is 12.0. The van der Waals surface area contributed by atoms with E-state index in [0.29, 0.717) is 15.9 Å². The normalized spacial score (nSPS) is 10.6. The van der Waals surface area contributed by atoms with Crippen molar-refractivity contribution in [3.8, 4) is 10.8 Å². The molecule has 0 radical (unpaired) electrons. The molecule has 3 rings (SSSR count). The Labute approximate surface area is 139 Å². The predicted octanol–water partition coefficient (Wildman–Crippen LogP) is 4.03. The molecule has 3 aromatic rings. The zero-order valence-corrected chi connectivity index (χ0v) is 13.4. The summed E-state index contributed by atoms with van der Waals surface area (Å²) in [6, 6.07) is 8.78. The molecule has 0 aliphatic heterocycles. The summed E-state index contributed by atoms with van der Waals surface area (Å²) < 4.78 is 5.35.